The number of rotatable bonds is 10. The van der Waals surface area contributed by atoms with E-state index in [-0.39, 0.29) is 24.8 Å². The van der Waals surface area contributed by atoms with E-state index >= 15 is 0 Å². The van der Waals surface area contributed by atoms with Gasteiger partial charge in [-0.05, 0) is 56.2 Å². The lowest BCUT2D eigenvalue weighted by atomic mass is 10.1. The van der Waals surface area contributed by atoms with Gasteiger partial charge in [-0.2, -0.15) is 13.2 Å². The number of ether oxygens (including phenoxy) is 3. The molecule has 0 heterocycles. The summed E-state index contributed by atoms with van der Waals surface area (Å²) in [6.45, 7) is 5.30. The average molecular weight is 469 g/mol. The average Bonchev–Trinajstić information content (AvgIpc) is 2.73. The van der Waals surface area contributed by atoms with Crippen molar-refractivity contribution in [2.45, 2.75) is 52.2 Å². The Bertz CT molecular complexity index is 944. The third-order valence-electron chi connectivity index (χ3n) is 4.36. The summed E-state index contributed by atoms with van der Waals surface area (Å²) in [6.07, 6.45) is -6.58. The maximum Gasteiger partial charge on any atom is 0.416 e. The number of alkyl halides is 3. The lowest BCUT2D eigenvalue weighted by Gasteiger charge is -2.18. The van der Waals surface area contributed by atoms with Crippen molar-refractivity contribution in [3.63, 3.8) is 0 Å². The molecule has 0 aliphatic heterocycles. The van der Waals surface area contributed by atoms with Crippen LogP contribution in [0.1, 0.15) is 37.5 Å². The first-order valence-electron chi connectivity index (χ1n) is 10.2. The van der Waals surface area contributed by atoms with Crippen molar-refractivity contribution < 1.29 is 42.1 Å². The number of carboxylic acid groups (broad SMARTS) is 1. The van der Waals surface area contributed by atoms with Crippen molar-refractivity contribution in [1.29, 1.82) is 0 Å². The lowest BCUT2D eigenvalue weighted by Crippen LogP contribution is -2.29. The molecule has 0 saturated heterocycles. The molecule has 1 atom stereocenters. The molecule has 0 bridgehead atoms. The molecule has 2 rings (SSSR count). The van der Waals surface area contributed by atoms with Crippen molar-refractivity contribution >= 4 is 17.7 Å². The summed E-state index contributed by atoms with van der Waals surface area (Å²) in [6, 6.07) is 9.09. The predicted molar refractivity (Wildman–Crippen MR) is 114 cm³/mol. The van der Waals surface area contributed by atoms with Crippen LogP contribution in [0.5, 0.6) is 5.75 Å². The number of halogens is 3. The van der Waals surface area contributed by atoms with Gasteiger partial charge >= 0.3 is 18.2 Å². The molecule has 1 unspecified atom stereocenters. The van der Waals surface area contributed by atoms with E-state index in [9.17, 15) is 27.9 Å². The van der Waals surface area contributed by atoms with Crippen molar-refractivity contribution in [3.05, 3.63) is 59.2 Å². The number of aliphatic carboxylic acids is 1. The van der Waals surface area contributed by atoms with Crippen LogP contribution in [0, 0.1) is 0 Å². The number of nitrogens with one attached hydrogen (secondary N) is 1. The molecular formula is C23H26F3NO6. The molecule has 2 N–H and O–H groups in total. The molecule has 0 aliphatic rings. The standard InChI is InChI=1S/C23H26F3NO6/c1-4-31-19-10-7-16(12-20(21(28)29)33-14(2)3)11-18(19)27-22(30)32-13-15-5-8-17(9-6-15)23(24,25)26/h5-11,14,20H,4,12-13H2,1-3H3,(H,27,30)(H,28,29). The number of carbonyl (C=O) groups excluding carboxylic acids is 1. The van der Waals surface area contributed by atoms with Gasteiger partial charge in [-0.15, -0.1) is 0 Å². The van der Waals surface area contributed by atoms with Crippen LogP contribution >= 0.6 is 0 Å². The van der Waals surface area contributed by atoms with Crippen molar-refractivity contribution in [2.75, 3.05) is 11.9 Å². The molecule has 2 aromatic carbocycles. The summed E-state index contributed by atoms with van der Waals surface area (Å²) in [5, 5.41) is 11.9. The molecule has 0 aliphatic carbocycles. The maximum absolute atomic E-state index is 12.6. The van der Waals surface area contributed by atoms with Crippen LogP contribution < -0.4 is 10.1 Å². The highest BCUT2D eigenvalue weighted by molar-refractivity contribution is 5.87. The second kappa shape index (κ2) is 11.6. The summed E-state index contributed by atoms with van der Waals surface area (Å²) in [7, 11) is 0. The minimum absolute atomic E-state index is 0.0647. The van der Waals surface area contributed by atoms with Gasteiger partial charge < -0.3 is 19.3 Å². The first-order chi connectivity index (χ1) is 15.5. The van der Waals surface area contributed by atoms with E-state index in [2.05, 4.69) is 5.32 Å². The van der Waals surface area contributed by atoms with E-state index in [4.69, 9.17) is 14.2 Å². The van der Waals surface area contributed by atoms with Gasteiger partial charge in [-0.25, -0.2) is 9.59 Å². The van der Waals surface area contributed by atoms with E-state index in [1.807, 2.05) is 0 Å². The van der Waals surface area contributed by atoms with Gasteiger partial charge in [0.15, 0.2) is 6.10 Å². The maximum atomic E-state index is 12.6. The first kappa shape index (κ1) is 26.0. The number of benzene rings is 2. The monoisotopic (exact) mass is 469 g/mol. The summed E-state index contributed by atoms with van der Waals surface area (Å²) >= 11 is 0. The largest absolute Gasteiger partial charge is 0.492 e. The highest BCUT2D eigenvalue weighted by Gasteiger charge is 2.30. The van der Waals surface area contributed by atoms with Crippen LogP contribution in [0.25, 0.3) is 0 Å². The number of carbonyl (C=O) groups is 2. The van der Waals surface area contributed by atoms with Gasteiger partial charge in [0.25, 0.3) is 0 Å². The Balaban J connectivity index is 2.08. The molecule has 0 radical (unpaired) electrons. The quantitative estimate of drug-likeness (QED) is 0.492. The third kappa shape index (κ3) is 8.30. The van der Waals surface area contributed by atoms with Gasteiger partial charge in [0.05, 0.1) is 24.0 Å². The smallest absolute Gasteiger partial charge is 0.416 e. The van der Waals surface area contributed by atoms with E-state index in [0.717, 1.165) is 12.1 Å². The van der Waals surface area contributed by atoms with Gasteiger partial charge in [0.1, 0.15) is 12.4 Å². The first-order valence-corrected chi connectivity index (χ1v) is 10.2. The number of carboxylic acids is 1. The Labute approximate surface area is 189 Å². The van der Waals surface area contributed by atoms with Crippen molar-refractivity contribution in [3.8, 4) is 5.75 Å². The van der Waals surface area contributed by atoms with Crippen LogP contribution in [0.4, 0.5) is 23.7 Å². The van der Waals surface area contributed by atoms with Crippen LogP contribution in [0.2, 0.25) is 0 Å². The van der Waals surface area contributed by atoms with E-state index in [1.54, 1.807) is 39.0 Å². The molecule has 1 amide bonds. The van der Waals surface area contributed by atoms with Crippen molar-refractivity contribution in [2.24, 2.45) is 0 Å². The lowest BCUT2D eigenvalue weighted by molar-refractivity contribution is -0.153. The van der Waals surface area contributed by atoms with Crippen LogP contribution in [-0.4, -0.2) is 36.0 Å². The summed E-state index contributed by atoms with van der Waals surface area (Å²) in [5.74, 6) is -0.757. The topological polar surface area (TPSA) is 94.1 Å². The van der Waals surface area contributed by atoms with E-state index in [1.165, 1.54) is 12.1 Å². The Hall–Kier alpha value is -3.27. The molecule has 180 valence electrons. The zero-order valence-electron chi connectivity index (χ0n) is 18.4. The summed E-state index contributed by atoms with van der Waals surface area (Å²) in [4.78, 5) is 23.7. The van der Waals surface area contributed by atoms with E-state index in [0.29, 0.717) is 23.5 Å². The Kier molecular flexibility index (Phi) is 9.10. The molecule has 33 heavy (non-hydrogen) atoms. The minimum atomic E-state index is -4.45. The zero-order valence-corrected chi connectivity index (χ0v) is 18.4. The predicted octanol–water partition coefficient (Wildman–Crippen LogP) is 5.27. The number of hydrogen-bond donors (Lipinski definition) is 2. The minimum Gasteiger partial charge on any atom is -0.492 e. The number of anilines is 1. The fourth-order valence-corrected chi connectivity index (χ4v) is 2.90. The van der Waals surface area contributed by atoms with Crippen LogP contribution in [0.15, 0.2) is 42.5 Å². The second-order valence-corrected chi connectivity index (χ2v) is 7.38. The molecule has 10 heteroatoms. The Morgan fingerprint density at radius 3 is 2.24 bits per heavy atom. The summed E-state index contributed by atoms with van der Waals surface area (Å²) in [5.41, 5.74) is 0.437. The third-order valence-corrected chi connectivity index (χ3v) is 4.36. The molecular weight excluding hydrogens is 443 g/mol. The van der Waals surface area contributed by atoms with Crippen LogP contribution in [-0.2, 0) is 33.5 Å². The second-order valence-electron chi connectivity index (χ2n) is 7.38. The fourth-order valence-electron chi connectivity index (χ4n) is 2.90. The fraction of sp³-hybridized carbons (Fsp3) is 0.391. The molecule has 7 nitrogen and oxygen atoms in total. The number of hydrogen-bond acceptors (Lipinski definition) is 5. The molecule has 0 spiro atoms. The SMILES string of the molecule is CCOc1ccc(CC(OC(C)C)C(=O)O)cc1NC(=O)OCc1ccc(C(F)(F)F)cc1. The zero-order chi connectivity index (χ0) is 24.6. The normalized spacial score (nSPS) is 12.3. The van der Waals surface area contributed by atoms with Crippen LogP contribution in [0.3, 0.4) is 0 Å². The van der Waals surface area contributed by atoms with Gasteiger partial charge in [0, 0.05) is 6.42 Å². The summed E-state index contributed by atoms with van der Waals surface area (Å²) < 4.78 is 53.9. The highest BCUT2D eigenvalue weighted by atomic mass is 19.4. The van der Waals surface area contributed by atoms with E-state index < -0.39 is 29.9 Å². The molecule has 0 aromatic heterocycles. The Morgan fingerprint density at radius 1 is 1.06 bits per heavy atom. The number of amides is 1. The van der Waals surface area contributed by atoms with Gasteiger partial charge in [-0.1, -0.05) is 18.2 Å². The highest BCUT2D eigenvalue weighted by Crippen LogP contribution is 2.29. The molecule has 0 saturated carbocycles. The van der Waals surface area contributed by atoms with Gasteiger partial charge in [0.2, 0.25) is 0 Å². The molecule has 0 fully saturated rings. The molecule has 2 aromatic rings. The Morgan fingerprint density at radius 2 is 1.70 bits per heavy atom. The van der Waals surface area contributed by atoms with Gasteiger partial charge in [-0.3, -0.25) is 5.32 Å². The van der Waals surface area contributed by atoms with Crippen molar-refractivity contribution in [1.82, 2.24) is 0 Å².